The Kier molecular flexibility index (Phi) is 4.86. The van der Waals surface area contributed by atoms with Crippen molar-refractivity contribution < 1.29 is 4.39 Å². The largest absolute Gasteiger partial charge is 0.368 e. The standard InChI is InChI=1S/C17H20ClFN2/c1-11(20)16-10-15(19)7-8-17(16)21(3)12(2)13-5-4-6-14(18)9-13/h4-12H,20H2,1-3H3/t11-,12?/m1/s1. The lowest BCUT2D eigenvalue weighted by Gasteiger charge is -2.30. The molecule has 2 rings (SSSR count). The molecule has 2 N–H and O–H groups in total. The van der Waals surface area contributed by atoms with Gasteiger partial charge in [-0.25, -0.2) is 4.39 Å². The summed E-state index contributed by atoms with van der Waals surface area (Å²) < 4.78 is 13.5. The van der Waals surface area contributed by atoms with Crippen molar-refractivity contribution in [2.45, 2.75) is 25.9 Å². The fraction of sp³-hybridized carbons (Fsp3) is 0.294. The van der Waals surface area contributed by atoms with E-state index in [9.17, 15) is 4.39 Å². The third kappa shape index (κ3) is 3.55. The monoisotopic (exact) mass is 306 g/mol. The highest BCUT2D eigenvalue weighted by Gasteiger charge is 2.17. The van der Waals surface area contributed by atoms with Crippen molar-refractivity contribution in [3.8, 4) is 0 Å². The number of anilines is 1. The molecule has 0 saturated carbocycles. The zero-order chi connectivity index (χ0) is 15.6. The van der Waals surface area contributed by atoms with Crippen molar-refractivity contribution in [3.05, 3.63) is 64.4 Å². The molecule has 4 heteroatoms. The second-order valence-corrected chi connectivity index (χ2v) is 5.77. The molecule has 2 atom stereocenters. The minimum atomic E-state index is -0.269. The zero-order valence-electron chi connectivity index (χ0n) is 12.5. The lowest BCUT2D eigenvalue weighted by molar-refractivity contribution is 0.620. The predicted molar refractivity (Wildman–Crippen MR) is 87.3 cm³/mol. The fourth-order valence-corrected chi connectivity index (χ4v) is 2.61. The number of halogens is 2. The number of benzene rings is 2. The van der Waals surface area contributed by atoms with Crippen LogP contribution < -0.4 is 10.6 Å². The van der Waals surface area contributed by atoms with Gasteiger partial charge in [-0.05, 0) is 55.3 Å². The van der Waals surface area contributed by atoms with E-state index in [1.54, 1.807) is 6.07 Å². The maximum atomic E-state index is 13.5. The molecule has 2 aromatic rings. The van der Waals surface area contributed by atoms with Crippen LogP contribution >= 0.6 is 11.6 Å². The van der Waals surface area contributed by atoms with Crippen LogP contribution in [0.2, 0.25) is 5.02 Å². The van der Waals surface area contributed by atoms with E-state index >= 15 is 0 Å². The summed E-state index contributed by atoms with van der Waals surface area (Å²) in [4.78, 5) is 2.09. The Hall–Kier alpha value is -1.58. The van der Waals surface area contributed by atoms with Crippen LogP contribution in [0.5, 0.6) is 0 Å². The Balaban J connectivity index is 2.37. The summed E-state index contributed by atoms with van der Waals surface area (Å²) in [6.45, 7) is 3.94. The van der Waals surface area contributed by atoms with Crippen molar-refractivity contribution in [1.82, 2.24) is 0 Å². The molecule has 0 aliphatic carbocycles. The van der Waals surface area contributed by atoms with Gasteiger partial charge in [-0.1, -0.05) is 23.7 Å². The van der Waals surface area contributed by atoms with Gasteiger partial charge in [0.15, 0.2) is 0 Å². The lowest BCUT2D eigenvalue weighted by atomic mass is 10.0. The highest BCUT2D eigenvalue weighted by atomic mass is 35.5. The second kappa shape index (κ2) is 6.46. The second-order valence-electron chi connectivity index (χ2n) is 5.33. The molecule has 0 fully saturated rings. The normalized spacial score (nSPS) is 13.8. The summed E-state index contributed by atoms with van der Waals surface area (Å²) >= 11 is 6.05. The first kappa shape index (κ1) is 15.8. The Morgan fingerprint density at radius 3 is 2.48 bits per heavy atom. The van der Waals surface area contributed by atoms with Gasteiger partial charge < -0.3 is 10.6 Å². The van der Waals surface area contributed by atoms with E-state index in [1.807, 2.05) is 38.2 Å². The van der Waals surface area contributed by atoms with Crippen LogP contribution in [0, 0.1) is 5.82 Å². The Bertz CT molecular complexity index is 628. The summed E-state index contributed by atoms with van der Waals surface area (Å²) in [5.41, 5.74) is 8.80. The SMILES string of the molecule is CC(c1cccc(Cl)c1)N(C)c1ccc(F)cc1[C@@H](C)N. The van der Waals surface area contributed by atoms with Crippen LogP contribution in [0.1, 0.15) is 37.1 Å². The molecule has 2 aromatic carbocycles. The van der Waals surface area contributed by atoms with Gasteiger partial charge in [-0.3, -0.25) is 0 Å². The van der Waals surface area contributed by atoms with Gasteiger partial charge in [0.1, 0.15) is 5.82 Å². The summed E-state index contributed by atoms with van der Waals surface area (Å²) in [5.74, 6) is -0.269. The van der Waals surface area contributed by atoms with Gasteiger partial charge in [0.25, 0.3) is 0 Å². The zero-order valence-corrected chi connectivity index (χ0v) is 13.2. The van der Waals surface area contributed by atoms with Crippen LogP contribution in [-0.4, -0.2) is 7.05 Å². The van der Waals surface area contributed by atoms with E-state index in [0.29, 0.717) is 5.02 Å². The summed E-state index contributed by atoms with van der Waals surface area (Å²) in [5, 5.41) is 0.708. The molecule has 0 aromatic heterocycles. The van der Waals surface area contributed by atoms with Gasteiger partial charge in [0, 0.05) is 23.8 Å². The third-order valence-corrected chi connectivity index (χ3v) is 4.01. The molecule has 0 heterocycles. The fourth-order valence-electron chi connectivity index (χ4n) is 2.41. The van der Waals surface area contributed by atoms with E-state index in [1.165, 1.54) is 12.1 Å². The third-order valence-electron chi connectivity index (χ3n) is 3.77. The van der Waals surface area contributed by atoms with Crippen LogP contribution in [0.15, 0.2) is 42.5 Å². The highest BCUT2D eigenvalue weighted by molar-refractivity contribution is 6.30. The lowest BCUT2D eigenvalue weighted by Crippen LogP contribution is -2.24. The molecule has 1 unspecified atom stereocenters. The molecule has 0 bridgehead atoms. The maximum absolute atomic E-state index is 13.5. The average Bonchev–Trinajstić information content (AvgIpc) is 2.45. The molecule has 21 heavy (non-hydrogen) atoms. The number of hydrogen-bond donors (Lipinski definition) is 1. The van der Waals surface area contributed by atoms with Gasteiger partial charge in [-0.2, -0.15) is 0 Å². The van der Waals surface area contributed by atoms with E-state index < -0.39 is 0 Å². The summed E-state index contributed by atoms with van der Waals surface area (Å²) in [6, 6.07) is 12.4. The number of hydrogen-bond acceptors (Lipinski definition) is 2. The van der Waals surface area contributed by atoms with Crippen molar-refractivity contribution in [3.63, 3.8) is 0 Å². The summed E-state index contributed by atoms with van der Waals surface area (Å²) in [6.07, 6.45) is 0. The molecule has 0 aliphatic heterocycles. The first-order chi connectivity index (χ1) is 9.90. The topological polar surface area (TPSA) is 29.3 Å². The Labute approximate surface area is 130 Å². The number of nitrogens with zero attached hydrogens (tertiary/aromatic N) is 1. The van der Waals surface area contributed by atoms with Crippen LogP contribution in [0.3, 0.4) is 0 Å². The molecular formula is C17H20ClFN2. The molecule has 0 saturated heterocycles. The van der Waals surface area contributed by atoms with Crippen LogP contribution in [0.4, 0.5) is 10.1 Å². The smallest absolute Gasteiger partial charge is 0.123 e. The first-order valence-electron chi connectivity index (χ1n) is 6.93. The molecular weight excluding hydrogens is 287 g/mol. The van der Waals surface area contributed by atoms with E-state index in [4.69, 9.17) is 17.3 Å². The Morgan fingerprint density at radius 1 is 1.14 bits per heavy atom. The van der Waals surface area contributed by atoms with E-state index in [-0.39, 0.29) is 17.9 Å². The van der Waals surface area contributed by atoms with E-state index in [0.717, 1.165) is 16.8 Å². The molecule has 0 aliphatic rings. The van der Waals surface area contributed by atoms with Crippen LogP contribution in [0.25, 0.3) is 0 Å². The van der Waals surface area contributed by atoms with Crippen molar-refractivity contribution in [1.29, 1.82) is 0 Å². The Morgan fingerprint density at radius 2 is 1.86 bits per heavy atom. The maximum Gasteiger partial charge on any atom is 0.123 e. The van der Waals surface area contributed by atoms with Gasteiger partial charge in [-0.15, -0.1) is 0 Å². The van der Waals surface area contributed by atoms with Crippen molar-refractivity contribution >= 4 is 17.3 Å². The minimum absolute atomic E-state index is 0.103. The van der Waals surface area contributed by atoms with Crippen molar-refractivity contribution in [2.24, 2.45) is 5.73 Å². The summed E-state index contributed by atoms with van der Waals surface area (Å²) in [7, 11) is 1.98. The van der Waals surface area contributed by atoms with Gasteiger partial charge >= 0.3 is 0 Å². The van der Waals surface area contributed by atoms with Crippen molar-refractivity contribution in [2.75, 3.05) is 11.9 Å². The number of nitrogens with two attached hydrogens (primary N) is 1. The molecule has 0 radical (unpaired) electrons. The van der Waals surface area contributed by atoms with E-state index in [2.05, 4.69) is 11.8 Å². The number of rotatable bonds is 4. The minimum Gasteiger partial charge on any atom is -0.368 e. The molecule has 0 spiro atoms. The molecule has 112 valence electrons. The van der Waals surface area contributed by atoms with Crippen LogP contribution in [-0.2, 0) is 0 Å². The van der Waals surface area contributed by atoms with Gasteiger partial charge in [0.2, 0.25) is 0 Å². The predicted octanol–water partition coefficient (Wildman–Crippen LogP) is 4.70. The highest BCUT2D eigenvalue weighted by Crippen LogP contribution is 2.32. The quantitative estimate of drug-likeness (QED) is 0.887. The molecule has 0 amide bonds. The first-order valence-corrected chi connectivity index (χ1v) is 7.31. The molecule has 2 nitrogen and oxygen atoms in total. The van der Waals surface area contributed by atoms with Gasteiger partial charge in [0.05, 0.1) is 6.04 Å². The average molecular weight is 307 g/mol.